The van der Waals surface area contributed by atoms with Crippen LogP contribution in [0.4, 0.5) is 0 Å². The van der Waals surface area contributed by atoms with Crippen LogP contribution in [-0.2, 0) is 4.79 Å². The molecule has 2 N–H and O–H groups in total. The zero-order chi connectivity index (χ0) is 8.97. The third-order valence-electron chi connectivity index (χ3n) is 1.21. The van der Waals surface area contributed by atoms with E-state index in [-0.39, 0.29) is 6.61 Å². The van der Waals surface area contributed by atoms with Crippen molar-refractivity contribution >= 4 is 17.5 Å². The summed E-state index contributed by atoms with van der Waals surface area (Å²) in [6, 6.07) is 6.89. The van der Waals surface area contributed by atoms with Gasteiger partial charge in [-0.15, -0.1) is 0 Å². The van der Waals surface area contributed by atoms with Crippen LogP contribution < -0.4 is 10.5 Å². The molecule has 1 rings (SSSR count). The summed E-state index contributed by atoms with van der Waals surface area (Å²) in [6.45, 7) is -0.149. The molecule has 0 atom stereocenters. The maximum absolute atomic E-state index is 10.3. The number of carbonyl (C=O) groups is 1. The van der Waals surface area contributed by atoms with Gasteiger partial charge in [0.2, 0.25) is 0 Å². The molecule has 0 unspecified atom stereocenters. The van der Waals surface area contributed by atoms with Crippen molar-refractivity contribution < 1.29 is 9.53 Å². The second-order valence-corrected chi connectivity index (χ2v) is 2.59. The maximum Gasteiger partial charge on any atom is 0.255 e. The quantitative estimate of drug-likeness (QED) is 0.770. The molecule has 0 aliphatic carbocycles. The summed E-state index contributed by atoms with van der Waals surface area (Å²) in [4.78, 5) is 10.3. The van der Waals surface area contributed by atoms with Crippen LogP contribution in [0.25, 0.3) is 0 Å². The van der Waals surface area contributed by atoms with Crippen LogP contribution in [0.15, 0.2) is 24.3 Å². The topological polar surface area (TPSA) is 52.3 Å². The van der Waals surface area contributed by atoms with Gasteiger partial charge in [-0.3, -0.25) is 4.79 Å². The van der Waals surface area contributed by atoms with Gasteiger partial charge in [-0.1, -0.05) is 23.7 Å². The average molecular weight is 186 g/mol. The molecule has 0 bridgehead atoms. The van der Waals surface area contributed by atoms with Crippen LogP contribution in [0, 0.1) is 0 Å². The van der Waals surface area contributed by atoms with Gasteiger partial charge < -0.3 is 10.5 Å². The second-order valence-electron chi connectivity index (χ2n) is 2.19. The van der Waals surface area contributed by atoms with E-state index in [1.165, 1.54) is 0 Å². The van der Waals surface area contributed by atoms with Crippen LogP contribution in [0.1, 0.15) is 0 Å². The highest BCUT2D eigenvalue weighted by Gasteiger charge is 2.00. The molecule has 0 saturated carbocycles. The highest BCUT2D eigenvalue weighted by Crippen LogP contribution is 2.22. The fourth-order valence-corrected chi connectivity index (χ4v) is 0.901. The Balaban J connectivity index is 2.63. The number of nitrogens with two attached hydrogens (primary N) is 1. The molecule has 1 aromatic carbocycles. The molecule has 4 heteroatoms. The highest BCUT2D eigenvalue weighted by atomic mass is 35.5. The number of carbonyl (C=O) groups excluding carboxylic acids is 1. The molecule has 0 aliphatic rings. The Bertz CT molecular complexity index is 288. The zero-order valence-electron chi connectivity index (χ0n) is 6.29. The van der Waals surface area contributed by atoms with Crippen molar-refractivity contribution in [2.45, 2.75) is 0 Å². The second kappa shape index (κ2) is 3.97. The van der Waals surface area contributed by atoms with E-state index in [0.29, 0.717) is 10.8 Å². The van der Waals surface area contributed by atoms with Gasteiger partial charge in [0.05, 0.1) is 5.02 Å². The van der Waals surface area contributed by atoms with Gasteiger partial charge in [0.25, 0.3) is 5.91 Å². The molecule has 0 radical (unpaired) electrons. The first-order valence-corrected chi connectivity index (χ1v) is 3.73. The molecule has 0 fully saturated rings. The van der Waals surface area contributed by atoms with Gasteiger partial charge in [-0.2, -0.15) is 0 Å². The van der Waals surface area contributed by atoms with Gasteiger partial charge in [0, 0.05) is 0 Å². The molecule has 0 heterocycles. The minimum atomic E-state index is -0.519. The average Bonchev–Trinajstić information content (AvgIpc) is 2.03. The van der Waals surface area contributed by atoms with Gasteiger partial charge in [0.1, 0.15) is 5.75 Å². The third-order valence-corrected chi connectivity index (χ3v) is 1.52. The van der Waals surface area contributed by atoms with E-state index in [9.17, 15) is 4.79 Å². The van der Waals surface area contributed by atoms with Crippen LogP contribution in [0.3, 0.4) is 0 Å². The van der Waals surface area contributed by atoms with Crippen molar-refractivity contribution in [1.29, 1.82) is 0 Å². The molecule has 3 nitrogen and oxygen atoms in total. The molecule has 0 saturated heterocycles. The molecule has 0 spiro atoms. The lowest BCUT2D eigenvalue weighted by Crippen LogP contribution is -2.20. The van der Waals surface area contributed by atoms with Crippen molar-refractivity contribution in [1.82, 2.24) is 0 Å². The number of hydrogen-bond donors (Lipinski definition) is 1. The normalized spacial score (nSPS) is 9.42. The lowest BCUT2D eigenvalue weighted by molar-refractivity contribution is -0.119. The number of amides is 1. The number of hydrogen-bond acceptors (Lipinski definition) is 2. The van der Waals surface area contributed by atoms with E-state index in [2.05, 4.69) is 0 Å². The van der Waals surface area contributed by atoms with Crippen LogP contribution >= 0.6 is 11.6 Å². The Hall–Kier alpha value is -1.22. The van der Waals surface area contributed by atoms with E-state index in [4.69, 9.17) is 22.1 Å². The van der Waals surface area contributed by atoms with Crippen molar-refractivity contribution in [2.24, 2.45) is 5.73 Å². The van der Waals surface area contributed by atoms with Gasteiger partial charge >= 0.3 is 0 Å². The molecular formula is C8H8ClNO2. The number of primary amides is 1. The monoisotopic (exact) mass is 185 g/mol. The molecular weight excluding hydrogens is 178 g/mol. The minimum absolute atomic E-state index is 0.149. The first kappa shape index (κ1) is 8.87. The van der Waals surface area contributed by atoms with E-state index in [1.54, 1.807) is 24.3 Å². The lowest BCUT2D eigenvalue weighted by Gasteiger charge is -2.04. The Kier molecular flexibility index (Phi) is 2.94. The van der Waals surface area contributed by atoms with E-state index < -0.39 is 5.91 Å². The summed E-state index contributed by atoms with van der Waals surface area (Å²) >= 11 is 5.73. The molecule has 0 aromatic heterocycles. The molecule has 0 aliphatic heterocycles. The van der Waals surface area contributed by atoms with E-state index in [0.717, 1.165) is 0 Å². The molecule has 1 amide bonds. The van der Waals surface area contributed by atoms with Gasteiger partial charge in [0.15, 0.2) is 6.61 Å². The third kappa shape index (κ3) is 2.43. The van der Waals surface area contributed by atoms with E-state index >= 15 is 0 Å². The largest absolute Gasteiger partial charge is 0.482 e. The Morgan fingerprint density at radius 3 is 2.75 bits per heavy atom. The van der Waals surface area contributed by atoms with E-state index in [1.807, 2.05) is 0 Å². The van der Waals surface area contributed by atoms with Crippen molar-refractivity contribution in [3.63, 3.8) is 0 Å². The van der Waals surface area contributed by atoms with Crippen LogP contribution in [0.2, 0.25) is 5.02 Å². The minimum Gasteiger partial charge on any atom is -0.482 e. The standard InChI is InChI=1S/C8H8ClNO2/c9-6-3-1-2-4-7(6)12-5-8(10)11/h1-4H,5H2,(H2,10,11). The number of para-hydroxylation sites is 1. The first-order chi connectivity index (χ1) is 5.70. The predicted octanol–water partition coefficient (Wildman–Crippen LogP) is 1.20. The number of benzene rings is 1. The Morgan fingerprint density at radius 2 is 2.17 bits per heavy atom. The number of ether oxygens (including phenoxy) is 1. The molecule has 1 aromatic rings. The van der Waals surface area contributed by atoms with Crippen molar-refractivity contribution in [2.75, 3.05) is 6.61 Å². The lowest BCUT2D eigenvalue weighted by atomic mass is 10.3. The summed E-state index contributed by atoms with van der Waals surface area (Å²) in [7, 11) is 0. The summed E-state index contributed by atoms with van der Waals surface area (Å²) < 4.78 is 4.99. The van der Waals surface area contributed by atoms with Crippen LogP contribution in [0.5, 0.6) is 5.75 Å². The first-order valence-electron chi connectivity index (χ1n) is 3.36. The molecule has 12 heavy (non-hydrogen) atoms. The SMILES string of the molecule is NC(=O)COc1ccccc1Cl. The maximum atomic E-state index is 10.3. The van der Waals surface area contributed by atoms with Gasteiger partial charge in [-0.05, 0) is 12.1 Å². The molecule has 64 valence electrons. The highest BCUT2D eigenvalue weighted by molar-refractivity contribution is 6.32. The fraction of sp³-hybridized carbons (Fsp3) is 0.125. The predicted molar refractivity (Wildman–Crippen MR) is 46.1 cm³/mol. The summed E-state index contributed by atoms with van der Waals surface area (Å²) in [6.07, 6.45) is 0. The van der Waals surface area contributed by atoms with Gasteiger partial charge in [-0.25, -0.2) is 0 Å². The summed E-state index contributed by atoms with van der Waals surface area (Å²) in [5.41, 5.74) is 4.88. The summed E-state index contributed by atoms with van der Waals surface area (Å²) in [5, 5.41) is 0.471. The summed E-state index contributed by atoms with van der Waals surface area (Å²) in [5.74, 6) is -0.0483. The zero-order valence-corrected chi connectivity index (χ0v) is 7.04. The Morgan fingerprint density at radius 1 is 1.50 bits per heavy atom. The van der Waals surface area contributed by atoms with Crippen LogP contribution in [-0.4, -0.2) is 12.5 Å². The smallest absolute Gasteiger partial charge is 0.255 e. The number of halogens is 1. The Labute approximate surface area is 75.1 Å². The number of rotatable bonds is 3. The fourth-order valence-electron chi connectivity index (χ4n) is 0.711. The van der Waals surface area contributed by atoms with Crippen molar-refractivity contribution in [3.8, 4) is 5.75 Å². The van der Waals surface area contributed by atoms with Crippen molar-refractivity contribution in [3.05, 3.63) is 29.3 Å².